The summed E-state index contributed by atoms with van der Waals surface area (Å²) in [6.07, 6.45) is 6.69. The van der Waals surface area contributed by atoms with Gasteiger partial charge in [-0.2, -0.15) is 0 Å². The lowest BCUT2D eigenvalue weighted by Gasteiger charge is -2.17. The molecule has 1 aromatic rings. The highest BCUT2D eigenvalue weighted by molar-refractivity contribution is 5.87. The Morgan fingerprint density at radius 3 is 2.68 bits per heavy atom. The zero-order valence-electron chi connectivity index (χ0n) is 11.7. The number of carbonyl (C=O) groups excluding carboxylic acids is 1. The molecule has 0 saturated heterocycles. The summed E-state index contributed by atoms with van der Waals surface area (Å²) in [5.41, 5.74) is 0. The lowest BCUT2D eigenvalue weighted by atomic mass is 10.3. The highest BCUT2D eigenvalue weighted by Crippen LogP contribution is 1.97. The molecule has 0 spiro atoms. The Morgan fingerprint density at radius 1 is 1.26 bits per heavy atom. The van der Waals surface area contributed by atoms with E-state index in [1.807, 2.05) is 0 Å². The van der Waals surface area contributed by atoms with E-state index in [9.17, 15) is 4.79 Å². The van der Waals surface area contributed by atoms with Crippen LogP contribution in [0.4, 0.5) is 10.6 Å². The minimum atomic E-state index is -0.233. The third-order valence-corrected chi connectivity index (χ3v) is 2.89. The van der Waals surface area contributed by atoms with Crippen molar-refractivity contribution < 1.29 is 4.79 Å². The topological polar surface area (TPSA) is 70.2 Å². The SMILES string of the molecule is CCN(CC)CCCCNC(=O)Nc1cnccn1. The van der Waals surface area contributed by atoms with Crippen molar-refractivity contribution in [1.29, 1.82) is 0 Å². The van der Waals surface area contributed by atoms with Crippen molar-refractivity contribution in [2.24, 2.45) is 0 Å². The first-order valence-corrected chi connectivity index (χ1v) is 6.79. The lowest BCUT2D eigenvalue weighted by Crippen LogP contribution is -2.30. The normalized spacial score (nSPS) is 10.5. The van der Waals surface area contributed by atoms with Gasteiger partial charge in [-0.15, -0.1) is 0 Å². The Balaban J connectivity index is 2.08. The van der Waals surface area contributed by atoms with Gasteiger partial charge in [-0.05, 0) is 32.5 Å². The molecule has 1 rings (SSSR count). The van der Waals surface area contributed by atoms with Crippen LogP contribution in [0.1, 0.15) is 26.7 Å². The van der Waals surface area contributed by atoms with Crippen LogP contribution in [0.25, 0.3) is 0 Å². The van der Waals surface area contributed by atoms with Crippen LogP contribution in [0, 0.1) is 0 Å². The molecule has 0 aliphatic carbocycles. The van der Waals surface area contributed by atoms with Crippen molar-refractivity contribution in [2.45, 2.75) is 26.7 Å². The van der Waals surface area contributed by atoms with Crippen LogP contribution < -0.4 is 10.6 Å². The second kappa shape index (κ2) is 9.27. The molecular weight excluding hydrogens is 242 g/mol. The van der Waals surface area contributed by atoms with Crippen molar-refractivity contribution in [2.75, 3.05) is 31.5 Å². The van der Waals surface area contributed by atoms with Gasteiger partial charge in [-0.3, -0.25) is 10.3 Å². The number of unbranched alkanes of at least 4 members (excludes halogenated alkanes) is 1. The number of hydrogen-bond donors (Lipinski definition) is 2. The third kappa shape index (κ3) is 6.71. The average Bonchev–Trinajstić information content (AvgIpc) is 2.44. The van der Waals surface area contributed by atoms with E-state index < -0.39 is 0 Å². The van der Waals surface area contributed by atoms with Crippen molar-refractivity contribution in [3.63, 3.8) is 0 Å². The van der Waals surface area contributed by atoms with E-state index in [1.165, 1.54) is 6.20 Å². The molecule has 0 aliphatic rings. The number of amides is 2. The number of aromatic nitrogens is 2. The Hall–Kier alpha value is -1.69. The number of urea groups is 1. The van der Waals surface area contributed by atoms with Crippen LogP contribution in [-0.2, 0) is 0 Å². The summed E-state index contributed by atoms with van der Waals surface area (Å²) in [4.78, 5) is 21.7. The Bertz CT molecular complexity index is 353. The first-order valence-electron chi connectivity index (χ1n) is 6.79. The third-order valence-electron chi connectivity index (χ3n) is 2.89. The van der Waals surface area contributed by atoms with Gasteiger partial charge in [0.1, 0.15) is 0 Å². The van der Waals surface area contributed by atoms with Crippen molar-refractivity contribution in [3.8, 4) is 0 Å². The van der Waals surface area contributed by atoms with Gasteiger partial charge in [0.15, 0.2) is 5.82 Å². The number of carbonyl (C=O) groups is 1. The van der Waals surface area contributed by atoms with Crippen LogP contribution in [0.3, 0.4) is 0 Å². The van der Waals surface area contributed by atoms with Gasteiger partial charge in [0.2, 0.25) is 0 Å². The first kappa shape index (κ1) is 15.4. The van der Waals surface area contributed by atoms with Crippen LogP contribution >= 0.6 is 0 Å². The molecule has 2 N–H and O–H groups in total. The van der Waals surface area contributed by atoms with Crippen LogP contribution in [0.15, 0.2) is 18.6 Å². The van der Waals surface area contributed by atoms with Gasteiger partial charge >= 0.3 is 6.03 Å². The molecule has 1 heterocycles. The first-order chi connectivity index (χ1) is 9.26. The average molecular weight is 265 g/mol. The second-order valence-corrected chi connectivity index (χ2v) is 4.21. The summed E-state index contributed by atoms with van der Waals surface area (Å²) in [5, 5.41) is 5.43. The maximum Gasteiger partial charge on any atom is 0.320 e. The van der Waals surface area contributed by atoms with Gasteiger partial charge in [-0.1, -0.05) is 13.8 Å². The molecule has 19 heavy (non-hydrogen) atoms. The molecule has 0 saturated carbocycles. The summed E-state index contributed by atoms with van der Waals surface area (Å²) >= 11 is 0. The quantitative estimate of drug-likeness (QED) is 0.702. The Kier molecular flexibility index (Phi) is 7.50. The van der Waals surface area contributed by atoms with Gasteiger partial charge in [-0.25, -0.2) is 9.78 Å². The standard InChI is InChI=1S/C13H23N5O/c1-3-18(4-2)10-6-5-7-16-13(19)17-12-11-14-8-9-15-12/h8-9,11H,3-7,10H2,1-2H3,(H2,15,16,17,19). The van der Waals surface area contributed by atoms with E-state index in [1.54, 1.807) is 12.4 Å². The number of hydrogen-bond acceptors (Lipinski definition) is 4. The lowest BCUT2D eigenvalue weighted by molar-refractivity contribution is 0.251. The molecule has 1 aromatic heterocycles. The predicted octanol–water partition coefficient (Wildman–Crippen LogP) is 1.72. The van der Waals surface area contributed by atoms with Gasteiger partial charge in [0.05, 0.1) is 6.20 Å². The number of rotatable bonds is 8. The molecule has 2 amide bonds. The predicted molar refractivity (Wildman–Crippen MR) is 76.1 cm³/mol. The van der Waals surface area contributed by atoms with Crippen LogP contribution in [0.2, 0.25) is 0 Å². The molecule has 0 unspecified atom stereocenters. The van der Waals surface area contributed by atoms with E-state index in [4.69, 9.17) is 0 Å². The fourth-order valence-electron chi connectivity index (χ4n) is 1.73. The summed E-state index contributed by atoms with van der Waals surface area (Å²) in [6, 6.07) is -0.233. The molecule has 0 aromatic carbocycles. The number of anilines is 1. The minimum absolute atomic E-state index is 0.233. The highest BCUT2D eigenvalue weighted by atomic mass is 16.2. The summed E-state index contributed by atoms with van der Waals surface area (Å²) < 4.78 is 0. The Labute approximate surface area is 114 Å². The molecule has 0 fully saturated rings. The molecule has 0 bridgehead atoms. The van der Waals surface area contributed by atoms with Crippen molar-refractivity contribution in [3.05, 3.63) is 18.6 Å². The van der Waals surface area contributed by atoms with Gasteiger partial charge in [0.25, 0.3) is 0 Å². The van der Waals surface area contributed by atoms with Crippen molar-refractivity contribution >= 4 is 11.8 Å². The van der Waals surface area contributed by atoms with E-state index in [-0.39, 0.29) is 6.03 Å². The molecule has 0 aliphatic heterocycles. The minimum Gasteiger partial charge on any atom is -0.338 e. The van der Waals surface area contributed by atoms with Crippen molar-refractivity contribution in [1.82, 2.24) is 20.2 Å². The molecule has 0 atom stereocenters. The van der Waals surface area contributed by atoms with E-state index in [0.29, 0.717) is 12.4 Å². The van der Waals surface area contributed by atoms with Gasteiger partial charge < -0.3 is 10.2 Å². The molecule has 0 radical (unpaired) electrons. The zero-order chi connectivity index (χ0) is 13.9. The largest absolute Gasteiger partial charge is 0.338 e. The summed E-state index contributed by atoms with van der Waals surface area (Å²) in [6.45, 7) is 8.24. The summed E-state index contributed by atoms with van der Waals surface area (Å²) in [5.74, 6) is 0.461. The molecule has 6 heteroatoms. The maximum absolute atomic E-state index is 11.5. The number of nitrogens with zero attached hydrogens (tertiary/aromatic N) is 3. The number of nitrogens with one attached hydrogen (secondary N) is 2. The highest BCUT2D eigenvalue weighted by Gasteiger charge is 2.02. The molecule has 6 nitrogen and oxygen atoms in total. The second-order valence-electron chi connectivity index (χ2n) is 4.21. The fraction of sp³-hybridized carbons (Fsp3) is 0.615. The molecule has 106 valence electrons. The fourth-order valence-corrected chi connectivity index (χ4v) is 1.73. The van der Waals surface area contributed by atoms with Crippen LogP contribution in [-0.4, -0.2) is 47.1 Å². The van der Waals surface area contributed by atoms with E-state index in [2.05, 4.69) is 39.3 Å². The maximum atomic E-state index is 11.5. The monoisotopic (exact) mass is 265 g/mol. The van der Waals surface area contributed by atoms with Crippen LogP contribution in [0.5, 0.6) is 0 Å². The summed E-state index contributed by atoms with van der Waals surface area (Å²) in [7, 11) is 0. The smallest absolute Gasteiger partial charge is 0.320 e. The molecular formula is C13H23N5O. The van der Waals surface area contributed by atoms with E-state index >= 15 is 0 Å². The zero-order valence-corrected chi connectivity index (χ0v) is 11.7. The Morgan fingerprint density at radius 2 is 2.05 bits per heavy atom. The van der Waals surface area contributed by atoms with E-state index in [0.717, 1.165) is 32.5 Å². The van der Waals surface area contributed by atoms with Gasteiger partial charge in [0, 0.05) is 18.9 Å².